The average Bonchev–Trinajstić information content (AvgIpc) is 2.82. The third kappa shape index (κ3) is 3.93. The molecule has 1 saturated heterocycles. The Kier molecular flexibility index (Phi) is 6.26. The van der Waals surface area contributed by atoms with Crippen LogP contribution in [0.3, 0.4) is 0 Å². The molecule has 0 aromatic carbocycles. The highest BCUT2D eigenvalue weighted by Crippen LogP contribution is 2.32. The second kappa shape index (κ2) is 7.96. The molecule has 2 aliphatic rings. The van der Waals surface area contributed by atoms with Gasteiger partial charge >= 0.3 is 0 Å². The van der Waals surface area contributed by atoms with Gasteiger partial charge in [0.2, 0.25) is 5.91 Å². The Morgan fingerprint density at radius 3 is 2.80 bits per heavy atom. The van der Waals surface area contributed by atoms with E-state index >= 15 is 0 Å². The van der Waals surface area contributed by atoms with E-state index in [-0.39, 0.29) is 5.92 Å². The Morgan fingerprint density at radius 1 is 1.20 bits per heavy atom. The van der Waals surface area contributed by atoms with E-state index < -0.39 is 0 Å². The maximum absolute atomic E-state index is 12.7. The summed E-state index contributed by atoms with van der Waals surface area (Å²) in [5.41, 5.74) is 5.81. The van der Waals surface area contributed by atoms with Crippen LogP contribution in [0.5, 0.6) is 0 Å². The lowest BCUT2D eigenvalue weighted by Gasteiger charge is -2.27. The predicted molar refractivity (Wildman–Crippen MR) is 79.4 cm³/mol. The smallest absolute Gasteiger partial charge is 0.226 e. The van der Waals surface area contributed by atoms with Crippen molar-refractivity contribution < 1.29 is 9.53 Å². The van der Waals surface area contributed by atoms with E-state index in [0.29, 0.717) is 18.4 Å². The number of hydrogen-bond donors (Lipinski definition) is 1. The molecule has 5 nitrogen and oxygen atoms in total. The number of methoxy groups -OCH3 is 1. The van der Waals surface area contributed by atoms with Crippen LogP contribution in [-0.4, -0.2) is 68.7 Å². The van der Waals surface area contributed by atoms with Crippen LogP contribution >= 0.6 is 0 Å². The molecule has 116 valence electrons. The minimum absolute atomic E-state index is 0.186. The molecule has 5 heteroatoms. The summed E-state index contributed by atoms with van der Waals surface area (Å²) in [5.74, 6) is 0.951. The molecule has 20 heavy (non-hydrogen) atoms. The zero-order valence-electron chi connectivity index (χ0n) is 12.7. The van der Waals surface area contributed by atoms with Gasteiger partial charge in [-0.3, -0.25) is 9.69 Å². The van der Waals surface area contributed by atoms with Crippen molar-refractivity contribution in [3.05, 3.63) is 0 Å². The summed E-state index contributed by atoms with van der Waals surface area (Å²) in [6.07, 6.45) is 4.38. The van der Waals surface area contributed by atoms with Gasteiger partial charge in [0.1, 0.15) is 0 Å². The van der Waals surface area contributed by atoms with E-state index in [1.807, 2.05) is 0 Å². The van der Waals surface area contributed by atoms with E-state index in [4.69, 9.17) is 10.5 Å². The fourth-order valence-electron chi connectivity index (χ4n) is 3.51. The predicted octanol–water partition coefficient (Wildman–Crippen LogP) is 0.542. The van der Waals surface area contributed by atoms with Gasteiger partial charge in [0, 0.05) is 39.2 Å². The first-order chi connectivity index (χ1) is 9.76. The summed E-state index contributed by atoms with van der Waals surface area (Å²) >= 11 is 0. The molecule has 1 aliphatic carbocycles. The average molecular weight is 283 g/mol. The van der Waals surface area contributed by atoms with Crippen LogP contribution in [0.2, 0.25) is 0 Å². The number of nitrogens with two attached hydrogens (primary N) is 1. The summed E-state index contributed by atoms with van der Waals surface area (Å²) in [6, 6.07) is 0. The molecular formula is C15H29N3O2. The normalized spacial score (nSPS) is 28.6. The van der Waals surface area contributed by atoms with E-state index in [1.54, 1.807) is 7.11 Å². The van der Waals surface area contributed by atoms with Crippen molar-refractivity contribution in [1.29, 1.82) is 0 Å². The molecule has 2 fully saturated rings. The van der Waals surface area contributed by atoms with Gasteiger partial charge in [0.25, 0.3) is 0 Å². The molecule has 1 aliphatic heterocycles. The van der Waals surface area contributed by atoms with Crippen LogP contribution in [-0.2, 0) is 9.53 Å². The molecular weight excluding hydrogens is 254 g/mol. The highest BCUT2D eigenvalue weighted by molar-refractivity contribution is 5.79. The highest BCUT2D eigenvalue weighted by atomic mass is 16.5. The fraction of sp³-hybridized carbons (Fsp3) is 0.933. The number of nitrogens with zero attached hydrogens (tertiary/aromatic N) is 2. The van der Waals surface area contributed by atoms with Crippen molar-refractivity contribution in [2.75, 3.05) is 53.0 Å². The van der Waals surface area contributed by atoms with Gasteiger partial charge in [0.05, 0.1) is 6.61 Å². The third-order valence-electron chi connectivity index (χ3n) is 4.79. The maximum Gasteiger partial charge on any atom is 0.226 e. The van der Waals surface area contributed by atoms with Crippen molar-refractivity contribution >= 4 is 5.91 Å². The van der Waals surface area contributed by atoms with Crippen LogP contribution in [0.25, 0.3) is 0 Å². The summed E-state index contributed by atoms with van der Waals surface area (Å²) in [4.78, 5) is 17.1. The Hall–Kier alpha value is -0.650. The SMILES string of the molecule is COCCN1CCCN(C(=O)C2CCCC2CN)CC1. The van der Waals surface area contributed by atoms with Crippen LogP contribution in [0.1, 0.15) is 25.7 Å². The molecule has 2 atom stereocenters. The zero-order valence-corrected chi connectivity index (χ0v) is 12.7. The Morgan fingerprint density at radius 2 is 2.05 bits per heavy atom. The molecule has 2 N–H and O–H groups in total. The van der Waals surface area contributed by atoms with Gasteiger partial charge in [-0.1, -0.05) is 6.42 Å². The van der Waals surface area contributed by atoms with Gasteiger partial charge < -0.3 is 15.4 Å². The molecule has 1 heterocycles. The molecule has 2 rings (SSSR count). The largest absolute Gasteiger partial charge is 0.383 e. The van der Waals surface area contributed by atoms with Crippen molar-refractivity contribution in [3.8, 4) is 0 Å². The molecule has 0 bridgehead atoms. The van der Waals surface area contributed by atoms with Gasteiger partial charge in [-0.05, 0) is 38.3 Å². The fourth-order valence-corrected chi connectivity index (χ4v) is 3.51. The second-order valence-corrected chi connectivity index (χ2v) is 6.05. The number of carbonyl (C=O) groups excluding carboxylic acids is 1. The van der Waals surface area contributed by atoms with Crippen LogP contribution in [0, 0.1) is 11.8 Å². The van der Waals surface area contributed by atoms with Gasteiger partial charge in [-0.25, -0.2) is 0 Å². The standard InChI is InChI=1S/C15H29N3O2/c1-20-11-10-17-6-3-7-18(9-8-17)15(19)14-5-2-4-13(14)12-16/h13-14H,2-12,16H2,1H3. The summed E-state index contributed by atoms with van der Waals surface area (Å²) < 4.78 is 5.13. The summed E-state index contributed by atoms with van der Waals surface area (Å²) in [7, 11) is 1.74. The minimum Gasteiger partial charge on any atom is -0.383 e. The van der Waals surface area contributed by atoms with Crippen LogP contribution in [0.4, 0.5) is 0 Å². The van der Waals surface area contributed by atoms with Crippen molar-refractivity contribution in [2.45, 2.75) is 25.7 Å². The zero-order chi connectivity index (χ0) is 14.4. The topological polar surface area (TPSA) is 58.8 Å². The van der Waals surface area contributed by atoms with E-state index in [2.05, 4.69) is 9.80 Å². The molecule has 1 saturated carbocycles. The Balaban J connectivity index is 1.84. The number of hydrogen-bond acceptors (Lipinski definition) is 4. The first-order valence-corrected chi connectivity index (χ1v) is 7.96. The minimum atomic E-state index is 0.186. The van der Waals surface area contributed by atoms with E-state index in [0.717, 1.165) is 65.0 Å². The molecule has 0 spiro atoms. The number of ether oxygens (including phenoxy) is 1. The molecule has 0 aromatic rings. The number of carbonyl (C=O) groups is 1. The number of rotatable bonds is 5. The van der Waals surface area contributed by atoms with Gasteiger partial charge in [0.15, 0.2) is 0 Å². The van der Waals surface area contributed by atoms with Crippen molar-refractivity contribution in [2.24, 2.45) is 17.6 Å². The molecule has 0 radical (unpaired) electrons. The Bertz CT molecular complexity index is 311. The van der Waals surface area contributed by atoms with Crippen LogP contribution in [0.15, 0.2) is 0 Å². The molecule has 1 amide bonds. The molecule has 0 aromatic heterocycles. The van der Waals surface area contributed by atoms with Crippen molar-refractivity contribution in [3.63, 3.8) is 0 Å². The lowest BCUT2D eigenvalue weighted by atomic mass is 9.94. The first-order valence-electron chi connectivity index (χ1n) is 7.96. The van der Waals surface area contributed by atoms with Gasteiger partial charge in [-0.2, -0.15) is 0 Å². The Labute approximate surface area is 122 Å². The highest BCUT2D eigenvalue weighted by Gasteiger charge is 2.35. The lowest BCUT2D eigenvalue weighted by molar-refractivity contribution is -0.136. The van der Waals surface area contributed by atoms with Crippen molar-refractivity contribution in [1.82, 2.24) is 9.80 Å². The molecule has 2 unspecified atom stereocenters. The monoisotopic (exact) mass is 283 g/mol. The second-order valence-electron chi connectivity index (χ2n) is 6.05. The third-order valence-corrected chi connectivity index (χ3v) is 4.79. The first kappa shape index (κ1) is 15.7. The number of amides is 1. The quantitative estimate of drug-likeness (QED) is 0.800. The lowest BCUT2D eigenvalue weighted by Crippen LogP contribution is -2.41. The van der Waals surface area contributed by atoms with E-state index in [1.165, 1.54) is 0 Å². The van der Waals surface area contributed by atoms with Crippen LogP contribution < -0.4 is 5.73 Å². The van der Waals surface area contributed by atoms with E-state index in [9.17, 15) is 4.79 Å². The maximum atomic E-state index is 12.7. The summed E-state index contributed by atoms with van der Waals surface area (Å²) in [6.45, 7) is 6.18. The summed E-state index contributed by atoms with van der Waals surface area (Å²) in [5, 5.41) is 0. The van der Waals surface area contributed by atoms with Gasteiger partial charge in [-0.15, -0.1) is 0 Å².